The van der Waals surface area contributed by atoms with Crippen LogP contribution in [0.15, 0.2) is 65.7 Å². The zero-order valence-corrected chi connectivity index (χ0v) is 55.3. The van der Waals surface area contributed by atoms with Gasteiger partial charge in [-0.15, -0.1) is 0 Å². The van der Waals surface area contributed by atoms with Gasteiger partial charge in [0.15, 0.2) is 5.96 Å². The van der Waals surface area contributed by atoms with E-state index in [0.717, 1.165) is 0 Å². The summed E-state index contributed by atoms with van der Waals surface area (Å²) >= 11 is 1.45. The number of benzene rings is 2. The summed E-state index contributed by atoms with van der Waals surface area (Å²) in [5.74, 6) is -9.80. The number of carbonyl (C=O) groups is 13. The molecule has 2 aromatic rings. The van der Waals surface area contributed by atoms with E-state index in [1.807, 2.05) is 20.1 Å². The Kier molecular flexibility index (Phi) is 33.9. The lowest BCUT2D eigenvalue weighted by molar-refractivity contribution is -0.144. The zero-order chi connectivity index (χ0) is 70.1. The maximum absolute atomic E-state index is 14.7. The first kappa shape index (κ1) is 78.5. The van der Waals surface area contributed by atoms with E-state index in [4.69, 9.17) is 40.1 Å². The van der Waals surface area contributed by atoms with Gasteiger partial charge in [-0.3, -0.25) is 67.3 Å². The van der Waals surface area contributed by atoms with Crippen molar-refractivity contribution in [2.24, 2.45) is 51.0 Å². The van der Waals surface area contributed by atoms with Crippen molar-refractivity contribution < 1.29 is 62.3 Å². The summed E-state index contributed by atoms with van der Waals surface area (Å²) in [5.41, 5.74) is 40.6. The third-order valence-electron chi connectivity index (χ3n) is 16.0. The number of carbonyl (C=O) groups excluding carboxylic acids is 13. The number of unbranched alkanes of at least 4 members (excludes halogenated alkanes) is 1. The van der Waals surface area contributed by atoms with Crippen molar-refractivity contribution in [2.75, 3.05) is 44.7 Å². The molecule has 32 heteroatoms. The first-order valence-electron chi connectivity index (χ1n) is 32.2. The number of guanidine groups is 1. The van der Waals surface area contributed by atoms with Crippen molar-refractivity contribution in [2.45, 2.75) is 183 Å². The summed E-state index contributed by atoms with van der Waals surface area (Å²) in [6.07, 6.45) is 3.12. The number of hydrogen-bond acceptors (Lipinski definition) is 17. The summed E-state index contributed by atoms with van der Waals surface area (Å²) in [4.78, 5) is 185. The molecule has 2 heterocycles. The van der Waals surface area contributed by atoms with Gasteiger partial charge in [0.25, 0.3) is 0 Å². The standard InChI is InChI=1S/C63H98N18O13S/c1-37(2)33-45(57(89)74-41(53(68)85)27-32-95-3)73-52(84)36-72-54(86)46(34-38-15-6-4-7-16-38)78-58(90)47(35-39-17-8-5-9-18-39)79-56(88)42(23-25-50(66)82)75-55(87)43(24-26-51(67)83)76-59(91)49-22-14-31-81(49)62(94)44(20-10-11-28-64)77-60(92)48-21-13-30-80(48)61(93)40(65)19-12-29-71-63(69)70/h4-9,15-18,37,40-49H,10-14,19-36,64-65H2,1-3H3,(H2,66,82)(H2,67,83)(H2,68,85)(H,72,86)(H,73,84)(H,74,89)(H,75,87)(H,76,91)(H,77,92)(H,78,90)(H,79,88)(H4,69,70,71)/t40-,41-,42+,43-,44-,45-,46-,47-,48+,49+/m0/s1. The van der Waals surface area contributed by atoms with Gasteiger partial charge in [-0.1, -0.05) is 74.5 Å². The van der Waals surface area contributed by atoms with Crippen molar-refractivity contribution in [3.63, 3.8) is 0 Å². The average molecular weight is 1350 g/mol. The highest BCUT2D eigenvalue weighted by atomic mass is 32.2. The van der Waals surface area contributed by atoms with Crippen LogP contribution in [0.1, 0.15) is 121 Å². The number of hydrogen-bond donors (Lipinski definition) is 15. The number of primary amides is 3. The molecule has 2 saturated heterocycles. The fourth-order valence-electron chi connectivity index (χ4n) is 11.0. The Morgan fingerprint density at radius 2 is 1.01 bits per heavy atom. The smallest absolute Gasteiger partial charge is 0.245 e. The highest BCUT2D eigenvalue weighted by Gasteiger charge is 2.42. The second kappa shape index (κ2) is 41.0. The molecule has 10 atom stereocenters. The van der Waals surface area contributed by atoms with Gasteiger partial charge >= 0.3 is 0 Å². The van der Waals surface area contributed by atoms with Gasteiger partial charge in [0.2, 0.25) is 76.8 Å². The van der Waals surface area contributed by atoms with Crippen LogP contribution in [0.25, 0.3) is 0 Å². The van der Waals surface area contributed by atoms with E-state index >= 15 is 0 Å². The fraction of sp³-hybridized carbons (Fsp3) is 0.587. The van der Waals surface area contributed by atoms with Gasteiger partial charge in [0, 0.05) is 45.3 Å². The highest BCUT2D eigenvalue weighted by molar-refractivity contribution is 7.98. The quantitative estimate of drug-likeness (QED) is 0.0173. The lowest BCUT2D eigenvalue weighted by Crippen LogP contribution is -2.60. The Labute approximate surface area is 558 Å². The molecule has 0 unspecified atom stereocenters. The monoisotopic (exact) mass is 1350 g/mol. The molecule has 13 amide bonds. The van der Waals surface area contributed by atoms with Crippen LogP contribution in [0, 0.1) is 5.92 Å². The van der Waals surface area contributed by atoms with Gasteiger partial charge in [-0.05, 0) is 119 Å². The number of nitrogens with one attached hydrogen (secondary N) is 8. The number of aliphatic imine (C=N–C) groups is 1. The van der Waals surface area contributed by atoms with E-state index in [9.17, 15) is 62.3 Å². The Hall–Kier alpha value is -8.91. The topological polar surface area (TPSA) is 519 Å². The zero-order valence-electron chi connectivity index (χ0n) is 54.5. The molecule has 31 nitrogen and oxygen atoms in total. The van der Waals surface area contributed by atoms with E-state index in [1.165, 1.54) is 21.6 Å². The molecule has 524 valence electrons. The number of rotatable bonds is 42. The minimum Gasteiger partial charge on any atom is -0.370 e. The largest absolute Gasteiger partial charge is 0.370 e. The van der Waals surface area contributed by atoms with Crippen LogP contribution < -0.4 is 82.7 Å². The molecule has 95 heavy (non-hydrogen) atoms. The van der Waals surface area contributed by atoms with Crippen molar-refractivity contribution in [1.82, 2.24) is 52.3 Å². The number of likely N-dealkylation sites (tertiary alicyclic amines) is 2. The van der Waals surface area contributed by atoms with E-state index in [2.05, 4.69) is 47.5 Å². The number of nitrogens with zero attached hydrogens (tertiary/aromatic N) is 3. The summed E-state index contributed by atoms with van der Waals surface area (Å²) in [6, 6.07) is 4.51. The molecule has 0 aliphatic carbocycles. The number of amides is 13. The molecule has 0 aromatic heterocycles. The molecule has 22 N–H and O–H groups in total. The van der Waals surface area contributed by atoms with E-state index in [1.54, 1.807) is 60.7 Å². The molecule has 0 spiro atoms. The molecule has 0 radical (unpaired) electrons. The Bertz CT molecular complexity index is 2960. The van der Waals surface area contributed by atoms with Gasteiger partial charge < -0.3 is 92.5 Å². The van der Waals surface area contributed by atoms with Crippen LogP contribution in [-0.2, 0) is 75.2 Å². The van der Waals surface area contributed by atoms with Gasteiger partial charge in [0.1, 0.15) is 54.4 Å². The van der Waals surface area contributed by atoms with E-state index in [0.29, 0.717) is 55.4 Å². The Morgan fingerprint density at radius 1 is 0.537 bits per heavy atom. The molecular formula is C63H98N18O13S. The Balaban J connectivity index is 1.56. The van der Waals surface area contributed by atoms with Crippen LogP contribution in [0.4, 0.5) is 0 Å². The number of nitrogens with two attached hydrogens (primary N) is 7. The summed E-state index contributed by atoms with van der Waals surface area (Å²) in [7, 11) is 0. The predicted octanol–water partition coefficient (Wildman–Crippen LogP) is -3.71. The summed E-state index contributed by atoms with van der Waals surface area (Å²) in [6.45, 7) is 3.86. The van der Waals surface area contributed by atoms with Crippen molar-refractivity contribution in [3.8, 4) is 0 Å². The normalized spacial score (nSPS) is 16.8. The maximum Gasteiger partial charge on any atom is 0.245 e. The second-order valence-electron chi connectivity index (χ2n) is 24.1. The van der Waals surface area contributed by atoms with Crippen LogP contribution in [0.5, 0.6) is 0 Å². The fourth-order valence-corrected chi connectivity index (χ4v) is 11.5. The van der Waals surface area contributed by atoms with E-state index < -0.39 is 169 Å². The molecule has 2 aliphatic heterocycles. The van der Waals surface area contributed by atoms with Crippen LogP contribution in [0.3, 0.4) is 0 Å². The minimum absolute atomic E-state index is 0.0736. The average Bonchev–Trinajstić information content (AvgIpc) is 1.74. The van der Waals surface area contributed by atoms with Crippen LogP contribution >= 0.6 is 11.8 Å². The van der Waals surface area contributed by atoms with Crippen LogP contribution in [-0.4, -0.2) is 198 Å². The van der Waals surface area contributed by atoms with Crippen molar-refractivity contribution in [1.29, 1.82) is 0 Å². The molecule has 2 fully saturated rings. The molecule has 4 rings (SSSR count). The van der Waals surface area contributed by atoms with Crippen LogP contribution in [0.2, 0.25) is 0 Å². The molecule has 2 aliphatic rings. The molecule has 0 bridgehead atoms. The maximum atomic E-state index is 14.7. The van der Waals surface area contributed by atoms with Crippen molar-refractivity contribution in [3.05, 3.63) is 71.8 Å². The van der Waals surface area contributed by atoms with E-state index in [-0.39, 0.29) is 83.0 Å². The minimum atomic E-state index is -1.64. The van der Waals surface area contributed by atoms with Gasteiger partial charge in [-0.2, -0.15) is 11.8 Å². The molecule has 0 saturated carbocycles. The predicted molar refractivity (Wildman–Crippen MR) is 356 cm³/mol. The van der Waals surface area contributed by atoms with Crippen molar-refractivity contribution >= 4 is 94.5 Å². The second-order valence-corrected chi connectivity index (χ2v) is 25.1. The SMILES string of the molecule is CSCC[C@H](NC(=O)[C@H](CC(C)C)NC(=O)CNC(=O)[C@H](Cc1ccccc1)NC(=O)[C@H](Cc1ccccc1)NC(=O)[C@@H](CCC(N)=O)NC(=O)[C@H](CCC(N)=O)NC(=O)[C@H]1CCCN1C(=O)[C@H](CCCCN)NC(=O)[C@H]1CCCN1C(=O)[C@@H](N)CCCN=C(N)N)C(N)=O. The molecule has 2 aromatic carbocycles. The summed E-state index contributed by atoms with van der Waals surface area (Å²) < 4.78 is 0. The number of thioether (sulfide) groups is 1. The first-order chi connectivity index (χ1) is 45.2. The first-order valence-corrected chi connectivity index (χ1v) is 33.6. The lowest BCUT2D eigenvalue weighted by Gasteiger charge is -2.32. The molecular weight excluding hydrogens is 1250 g/mol. The highest BCUT2D eigenvalue weighted by Crippen LogP contribution is 2.24. The van der Waals surface area contributed by atoms with Gasteiger partial charge in [-0.25, -0.2) is 0 Å². The van der Waals surface area contributed by atoms with Gasteiger partial charge in [0.05, 0.1) is 12.6 Å². The third-order valence-corrected chi connectivity index (χ3v) is 16.7. The third kappa shape index (κ3) is 27.5. The summed E-state index contributed by atoms with van der Waals surface area (Å²) in [5, 5.41) is 21.1. The Morgan fingerprint density at radius 3 is 1.51 bits per heavy atom. The lowest BCUT2D eigenvalue weighted by atomic mass is 10.0.